The third-order valence-electron chi connectivity index (χ3n) is 6.88. The fourth-order valence-corrected chi connectivity index (χ4v) is 4.80. The predicted molar refractivity (Wildman–Crippen MR) is 128 cm³/mol. The minimum absolute atomic E-state index is 0.00893. The van der Waals surface area contributed by atoms with E-state index in [2.05, 4.69) is 6.92 Å². The third-order valence-corrected chi connectivity index (χ3v) is 6.88. The van der Waals surface area contributed by atoms with Crippen molar-refractivity contribution in [2.45, 2.75) is 133 Å². The molecule has 4 atom stereocenters. The van der Waals surface area contributed by atoms with Crippen LogP contribution < -0.4 is 0 Å². The molecular weight excluding hydrogens is 440 g/mol. The zero-order valence-electron chi connectivity index (χ0n) is 21.1. The van der Waals surface area contributed by atoms with Crippen molar-refractivity contribution in [1.82, 2.24) is 0 Å². The summed E-state index contributed by atoms with van der Waals surface area (Å²) in [6.45, 7) is 2.42. The number of carbonyl (C=O) groups is 1. The molecule has 0 aromatic rings. The largest absolute Gasteiger partial charge is 0.456 e. The van der Waals surface area contributed by atoms with Crippen LogP contribution in [0.15, 0.2) is 0 Å². The molecule has 2 aliphatic rings. The Morgan fingerprint density at radius 3 is 2.09 bits per heavy atom. The lowest BCUT2D eigenvalue weighted by Gasteiger charge is -2.33. The maximum absolute atomic E-state index is 12.3. The molecule has 0 bridgehead atoms. The Morgan fingerprint density at radius 1 is 0.941 bits per heavy atom. The maximum Gasteiger partial charge on any atom is 0.306 e. The second-order valence-electron chi connectivity index (χ2n) is 9.81. The SMILES string of the molecule is CCCCCCC(O)CCCCCCCCCCC(=O)O[C@@H]1[C@@H](O)CO[C@@H]1C1(CO)OCCO1. The monoisotopic (exact) mass is 488 g/mol. The van der Waals surface area contributed by atoms with Gasteiger partial charge in [0.25, 0.3) is 0 Å². The van der Waals surface area contributed by atoms with Gasteiger partial charge in [0.05, 0.1) is 25.9 Å². The van der Waals surface area contributed by atoms with E-state index < -0.39 is 30.7 Å². The second-order valence-corrected chi connectivity index (χ2v) is 9.81. The van der Waals surface area contributed by atoms with Crippen molar-refractivity contribution in [2.75, 3.05) is 26.4 Å². The van der Waals surface area contributed by atoms with Crippen molar-refractivity contribution in [3.8, 4) is 0 Å². The summed E-state index contributed by atoms with van der Waals surface area (Å²) in [7, 11) is 0. The summed E-state index contributed by atoms with van der Waals surface area (Å²) in [5.41, 5.74) is 0. The predicted octanol–water partition coefficient (Wildman–Crippen LogP) is 3.63. The fourth-order valence-electron chi connectivity index (χ4n) is 4.80. The van der Waals surface area contributed by atoms with Crippen molar-refractivity contribution < 1.29 is 39.1 Å². The van der Waals surface area contributed by atoms with Crippen molar-refractivity contribution >= 4 is 5.97 Å². The minimum atomic E-state index is -1.38. The van der Waals surface area contributed by atoms with E-state index in [1.165, 1.54) is 38.5 Å². The van der Waals surface area contributed by atoms with E-state index in [0.717, 1.165) is 51.4 Å². The molecule has 0 aromatic carbocycles. The Morgan fingerprint density at radius 2 is 1.50 bits per heavy atom. The van der Waals surface area contributed by atoms with Gasteiger partial charge in [-0.05, 0) is 19.3 Å². The van der Waals surface area contributed by atoms with E-state index in [1.807, 2.05) is 0 Å². The standard InChI is InChI=1S/C26H48O8/c1-2-3-4-11-14-21(28)15-12-9-7-5-6-8-10-13-16-23(30)34-24-22(29)19-31-25(24)26(20-27)32-17-18-33-26/h21-22,24-25,27-29H,2-20H2,1H3/t21?,22-,24+,25-/m0/s1. The highest BCUT2D eigenvalue weighted by Gasteiger charge is 2.55. The lowest BCUT2D eigenvalue weighted by atomic mass is 10.0. The molecular formula is C26H48O8. The molecule has 3 N–H and O–H groups in total. The molecule has 0 saturated carbocycles. The van der Waals surface area contributed by atoms with E-state index in [0.29, 0.717) is 19.6 Å². The van der Waals surface area contributed by atoms with E-state index in [4.69, 9.17) is 18.9 Å². The zero-order valence-corrected chi connectivity index (χ0v) is 21.1. The highest BCUT2D eigenvalue weighted by molar-refractivity contribution is 5.69. The first-order valence-corrected chi connectivity index (χ1v) is 13.6. The average Bonchev–Trinajstić information content (AvgIpc) is 3.46. The molecule has 8 heteroatoms. The highest BCUT2D eigenvalue weighted by Crippen LogP contribution is 2.34. The third kappa shape index (κ3) is 10.1. The number of carbonyl (C=O) groups excluding carboxylic acids is 1. The van der Waals surface area contributed by atoms with Crippen molar-refractivity contribution in [3.63, 3.8) is 0 Å². The molecule has 0 aromatic heterocycles. The van der Waals surface area contributed by atoms with Crippen LogP contribution in [0.25, 0.3) is 0 Å². The summed E-state index contributed by atoms with van der Waals surface area (Å²) >= 11 is 0. The first kappa shape index (κ1) is 29.5. The Kier molecular flexibility index (Phi) is 14.6. The van der Waals surface area contributed by atoms with Gasteiger partial charge in [0.1, 0.15) is 12.7 Å². The number of hydrogen-bond acceptors (Lipinski definition) is 8. The van der Waals surface area contributed by atoms with Gasteiger partial charge in [0.2, 0.25) is 5.79 Å². The highest BCUT2D eigenvalue weighted by atomic mass is 16.8. The zero-order chi connectivity index (χ0) is 24.7. The molecule has 2 fully saturated rings. The van der Waals surface area contributed by atoms with Crippen LogP contribution >= 0.6 is 0 Å². The molecule has 0 amide bonds. The van der Waals surface area contributed by atoms with Gasteiger partial charge in [-0.2, -0.15) is 0 Å². The smallest absolute Gasteiger partial charge is 0.306 e. The number of unbranched alkanes of at least 4 members (excludes halogenated alkanes) is 10. The molecule has 2 heterocycles. The summed E-state index contributed by atoms with van der Waals surface area (Å²) < 4.78 is 22.1. The van der Waals surface area contributed by atoms with E-state index in [9.17, 15) is 20.1 Å². The van der Waals surface area contributed by atoms with Crippen molar-refractivity contribution in [1.29, 1.82) is 0 Å². The summed E-state index contributed by atoms with van der Waals surface area (Å²) in [4.78, 5) is 12.3. The van der Waals surface area contributed by atoms with Crippen LogP contribution in [0.4, 0.5) is 0 Å². The Bertz CT molecular complexity index is 537. The van der Waals surface area contributed by atoms with Gasteiger partial charge in [0, 0.05) is 6.42 Å². The first-order valence-electron chi connectivity index (χ1n) is 13.6. The normalized spacial score (nSPS) is 25.0. The van der Waals surface area contributed by atoms with Crippen LogP contribution in [0.2, 0.25) is 0 Å². The molecule has 0 spiro atoms. The van der Waals surface area contributed by atoms with Crippen LogP contribution in [-0.4, -0.2) is 77.9 Å². The summed E-state index contributed by atoms with van der Waals surface area (Å²) in [5.74, 6) is -1.76. The number of aliphatic hydroxyl groups excluding tert-OH is 3. The topological polar surface area (TPSA) is 115 Å². The summed E-state index contributed by atoms with van der Waals surface area (Å²) in [6.07, 6.45) is 12.8. The van der Waals surface area contributed by atoms with E-state index >= 15 is 0 Å². The molecule has 1 unspecified atom stereocenters. The van der Waals surface area contributed by atoms with Crippen molar-refractivity contribution in [2.24, 2.45) is 0 Å². The van der Waals surface area contributed by atoms with E-state index in [1.54, 1.807) is 0 Å². The number of esters is 1. The van der Waals surface area contributed by atoms with Crippen LogP contribution in [0.5, 0.6) is 0 Å². The molecule has 34 heavy (non-hydrogen) atoms. The Labute approximate surface area is 205 Å². The molecule has 0 radical (unpaired) electrons. The van der Waals surface area contributed by atoms with Crippen LogP contribution in [-0.2, 0) is 23.7 Å². The number of rotatable bonds is 19. The molecule has 2 saturated heterocycles. The van der Waals surface area contributed by atoms with Crippen LogP contribution in [0, 0.1) is 0 Å². The fraction of sp³-hybridized carbons (Fsp3) is 0.962. The van der Waals surface area contributed by atoms with Gasteiger partial charge in [0.15, 0.2) is 12.2 Å². The van der Waals surface area contributed by atoms with Crippen molar-refractivity contribution in [3.05, 3.63) is 0 Å². The summed E-state index contributed by atoms with van der Waals surface area (Å²) in [5, 5.41) is 29.9. The number of aliphatic hydroxyl groups is 3. The lowest BCUT2D eigenvalue weighted by molar-refractivity contribution is -0.257. The van der Waals surface area contributed by atoms with Crippen LogP contribution in [0.3, 0.4) is 0 Å². The molecule has 8 nitrogen and oxygen atoms in total. The molecule has 2 aliphatic heterocycles. The number of ether oxygens (including phenoxy) is 4. The van der Waals surface area contributed by atoms with Gasteiger partial charge in [-0.25, -0.2) is 0 Å². The first-order chi connectivity index (χ1) is 16.5. The van der Waals surface area contributed by atoms with Gasteiger partial charge in [-0.1, -0.05) is 77.6 Å². The minimum Gasteiger partial charge on any atom is -0.456 e. The van der Waals surface area contributed by atoms with E-state index in [-0.39, 0.29) is 18.7 Å². The Hall–Kier alpha value is -0.770. The van der Waals surface area contributed by atoms with Gasteiger partial charge < -0.3 is 34.3 Å². The Balaban J connectivity index is 1.47. The van der Waals surface area contributed by atoms with Gasteiger partial charge in [-0.15, -0.1) is 0 Å². The van der Waals surface area contributed by atoms with Gasteiger partial charge in [-0.3, -0.25) is 4.79 Å². The molecule has 0 aliphatic carbocycles. The number of hydrogen-bond donors (Lipinski definition) is 3. The van der Waals surface area contributed by atoms with Crippen LogP contribution in [0.1, 0.15) is 103 Å². The maximum atomic E-state index is 12.3. The average molecular weight is 489 g/mol. The quantitative estimate of drug-likeness (QED) is 0.187. The molecule has 2 rings (SSSR count). The second kappa shape index (κ2) is 16.8. The lowest BCUT2D eigenvalue weighted by Crippen LogP contribution is -2.54. The van der Waals surface area contributed by atoms with Gasteiger partial charge >= 0.3 is 5.97 Å². The summed E-state index contributed by atoms with van der Waals surface area (Å²) in [6, 6.07) is 0. The molecule has 200 valence electrons.